The van der Waals surface area contributed by atoms with Crippen molar-refractivity contribution in [2.75, 3.05) is 5.73 Å². The Morgan fingerprint density at radius 1 is 1.36 bits per heavy atom. The summed E-state index contributed by atoms with van der Waals surface area (Å²) in [6, 6.07) is 6.24. The van der Waals surface area contributed by atoms with Crippen LogP contribution < -0.4 is 5.73 Å². The predicted octanol–water partition coefficient (Wildman–Crippen LogP) is 2.83. The highest BCUT2D eigenvalue weighted by molar-refractivity contribution is 9.10. The molecule has 0 spiro atoms. The van der Waals surface area contributed by atoms with Gasteiger partial charge in [-0.15, -0.1) is 0 Å². The molecule has 0 atom stereocenters. The summed E-state index contributed by atoms with van der Waals surface area (Å²) in [6.07, 6.45) is 0. The minimum Gasteiger partial charge on any atom is -0.368 e. The zero-order valence-corrected chi connectivity index (χ0v) is 8.58. The molecule has 2 N–H and O–H groups in total. The summed E-state index contributed by atoms with van der Waals surface area (Å²) in [4.78, 5) is 0. The smallest absolute Gasteiger partial charge is 0.222 e. The maximum absolute atomic E-state index is 13.1. The van der Waals surface area contributed by atoms with E-state index >= 15 is 0 Å². The molecule has 0 aliphatic heterocycles. The zero-order chi connectivity index (χ0) is 10.1. The molecule has 1 aromatic carbocycles. The van der Waals surface area contributed by atoms with Gasteiger partial charge in [-0.2, -0.15) is 0 Å². The maximum atomic E-state index is 13.1. The second kappa shape index (κ2) is 3.42. The van der Waals surface area contributed by atoms with Crippen LogP contribution in [0.25, 0.3) is 11.3 Å². The van der Waals surface area contributed by atoms with Gasteiger partial charge in [-0.1, -0.05) is 11.2 Å². The van der Waals surface area contributed by atoms with E-state index in [-0.39, 0.29) is 11.7 Å². The Hall–Kier alpha value is -1.36. The van der Waals surface area contributed by atoms with Gasteiger partial charge in [0, 0.05) is 11.6 Å². The molecule has 72 valence electrons. The Bertz CT molecular complexity index is 470. The first-order chi connectivity index (χ1) is 6.66. The van der Waals surface area contributed by atoms with Gasteiger partial charge in [-0.05, 0) is 28.1 Å². The van der Waals surface area contributed by atoms with Gasteiger partial charge in [-0.3, -0.25) is 0 Å². The van der Waals surface area contributed by atoms with Gasteiger partial charge >= 0.3 is 0 Å². The highest BCUT2D eigenvalue weighted by Gasteiger charge is 2.06. The number of halogens is 2. The molecule has 14 heavy (non-hydrogen) atoms. The van der Waals surface area contributed by atoms with Crippen molar-refractivity contribution < 1.29 is 8.91 Å². The molecule has 2 aromatic rings. The third-order valence-corrected chi connectivity index (χ3v) is 2.39. The molecule has 1 heterocycles. The van der Waals surface area contributed by atoms with Gasteiger partial charge in [0.05, 0.1) is 4.47 Å². The average Bonchev–Trinajstić information content (AvgIpc) is 2.57. The molecule has 0 aliphatic carbocycles. The number of hydrogen-bond acceptors (Lipinski definition) is 3. The Morgan fingerprint density at radius 3 is 2.71 bits per heavy atom. The molecular formula is C9H6BrFN2O. The molecule has 3 nitrogen and oxygen atoms in total. The first-order valence-electron chi connectivity index (χ1n) is 3.84. The second-order valence-corrected chi connectivity index (χ2v) is 3.60. The van der Waals surface area contributed by atoms with Gasteiger partial charge in [-0.25, -0.2) is 4.39 Å². The SMILES string of the molecule is Nc1cc(-c2ccc(Br)c(F)c2)no1. The third kappa shape index (κ3) is 1.63. The molecule has 2 rings (SSSR count). The fourth-order valence-electron chi connectivity index (χ4n) is 1.08. The fourth-order valence-corrected chi connectivity index (χ4v) is 1.33. The van der Waals surface area contributed by atoms with E-state index in [2.05, 4.69) is 25.6 Å². The molecule has 0 amide bonds. The van der Waals surface area contributed by atoms with Crippen LogP contribution in [0.15, 0.2) is 33.3 Å². The number of nitrogens with zero attached hydrogens (tertiary/aromatic N) is 1. The van der Waals surface area contributed by atoms with Crippen LogP contribution >= 0.6 is 15.9 Å². The predicted molar refractivity (Wildman–Crippen MR) is 54.0 cm³/mol. The van der Waals surface area contributed by atoms with Crippen LogP contribution in [-0.4, -0.2) is 5.16 Å². The minimum absolute atomic E-state index is 0.211. The van der Waals surface area contributed by atoms with E-state index in [0.717, 1.165) is 0 Å². The molecule has 5 heteroatoms. The highest BCUT2D eigenvalue weighted by atomic mass is 79.9. The van der Waals surface area contributed by atoms with E-state index in [9.17, 15) is 4.39 Å². The van der Waals surface area contributed by atoms with Crippen molar-refractivity contribution in [3.63, 3.8) is 0 Å². The average molecular weight is 257 g/mol. The van der Waals surface area contributed by atoms with E-state index in [1.807, 2.05) is 0 Å². The van der Waals surface area contributed by atoms with E-state index < -0.39 is 0 Å². The lowest BCUT2D eigenvalue weighted by Gasteiger charge is -1.97. The Kier molecular flexibility index (Phi) is 2.25. The van der Waals surface area contributed by atoms with Gasteiger partial charge in [0.1, 0.15) is 11.5 Å². The van der Waals surface area contributed by atoms with Crippen LogP contribution in [0, 0.1) is 5.82 Å². The van der Waals surface area contributed by atoms with Crippen molar-refractivity contribution >= 4 is 21.8 Å². The van der Waals surface area contributed by atoms with E-state index in [0.29, 0.717) is 15.7 Å². The number of benzene rings is 1. The number of rotatable bonds is 1. The van der Waals surface area contributed by atoms with Crippen molar-refractivity contribution in [3.8, 4) is 11.3 Å². The number of aromatic nitrogens is 1. The van der Waals surface area contributed by atoms with Gasteiger partial charge in [0.25, 0.3) is 0 Å². The summed E-state index contributed by atoms with van der Waals surface area (Å²) in [6.45, 7) is 0. The quantitative estimate of drug-likeness (QED) is 0.854. The monoisotopic (exact) mass is 256 g/mol. The minimum atomic E-state index is -0.343. The van der Waals surface area contributed by atoms with Crippen molar-refractivity contribution in [2.24, 2.45) is 0 Å². The van der Waals surface area contributed by atoms with Crippen molar-refractivity contribution in [2.45, 2.75) is 0 Å². The van der Waals surface area contributed by atoms with Crippen LogP contribution in [0.5, 0.6) is 0 Å². The molecule has 0 bridgehead atoms. The Morgan fingerprint density at radius 2 is 2.14 bits per heavy atom. The van der Waals surface area contributed by atoms with E-state index in [4.69, 9.17) is 5.73 Å². The van der Waals surface area contributed by atoms with E-state index in [1.165, 1.54) is 6.07 Å². The largest absolute Gasteiger partial charge is 0.368 e. The molecule has 1 aromatic heterocycles. The summed E-state index contributed by atoms with van der Waals surface area (Å²) in [5.41, 5.74) is 6.50. The molecular weight excluding hydrogens is 251 g/mol. The number of anilines is 1. The topological polar surface area (TPSA) is 52.0 Å². The lowest BCUT2D eigenvalue weighted by molar-refractivity contribution is 0.439. The Labute approximate surface area is 87.8 Å². The first-order valence-corrected chi connectivity index (χ1v) is 4.64. The van der Waals surface area contributed by atoms with E-state index in [1.54, 1.807) is 18.2 Å². The van der Waals surface area contributed by atoms with Crippen LogP contribution in [0.1, 0.15) is 0 Å². The van der Waals surface area contributed by atoms with Crippen LogP contribution in [0.3, 0.4) is 0 Å². The number of nitrogen functional groups attached to an aromatic ring is 1. The lowest BCUT2D eigenvalue weighted by Crippen LogP contribution is -1.81. The summed E-state index contributed by atoms with van der Waals surface area (Å²) < 4.78 is 18.2. The summed E-state index contributed by atoms with van der Waals surface area (Å²) in [7, 11) is 0. The molecule has 0 unspecified atom stereocenters. The lowest BCUT2D eigenvalue weighted by atomic mass is 10.1. The van der Waals surface area contributed by atoms with Crippen molar-refractivity contribution in [3.05, 3.63) is 34.6 Å². The molecule has 0 fully saturated rings. The Balaban J connectivity index is 2.47. The number of nitrogens with two attached hydrogens (primary N) is 1. The summed E-state index contributed by atoms with van der Waals surface area (Å²) in [5.74, 6) is -0.132. The van der Waals surface area contributed by atoms with Gasteiger partial charge in [0.15, 0.2) is 0 Å². The number of hydrogen-bond donors (Lipinski definition) is 1. The van der Waals surface area contributed by atoms with Crippen molar-refractivity contribution in [1.82, 2.24) is 5.16 Å². The highest BCUT2D eigenvalue weighted by Crippen LogP contribution is 2.24. The normalized spacial score (nSPS) is 10.4. The fraction of sp³-hybridized carbons (Fsp3) is 0. The molecule has 0 saturated carbocycles. The molecule has 0 saturated heterocycles. The second-order valence-electron chi connectivity index (χ2n) is 2.74. The zero-order valence-electron chi connectivity index (χ0n) is 7.00. The standard InChI is InChI=1S/C9H6BrFN2O/c10-6-2-1-5(3-7(6)11)8-4-9(12)14-13-8/h1-4H,12H2. The maximum Gasteiger partial charge on any atom is 0.222 e. The van der Waals surface area contributed by atoms with Gasteiger partial charge < -0.3 is 10.3 Å². The van der Waals surface area contributed by atoms with Gasteiger partial charge in [0.2, 0.25) is 5.88 Å². The third-order valence-electron chi connectivity index (χ3n) is 1.74. The van der Waals surface area contributed by atoms with Crippen LogP contribution in [-0.2, 0) is 0 Å². The first kappa shape index (κ1) is 9.21. The van der Waals surface area contributed by atoms with Crippen LogP contribution in [0.4, 0.5) is 10.3 Å². The van der Waals surface area contributed by atoms with Crippen LogP contribution in [0.2, 0.25) is 0 Å². The van der Waals surface area contributed by atoms with Crippen molar-refractivity contribution in [1.29, 1.82) is 0 Å². The molecule has 0 radical (unpaired) electrons. The summed E-state index contributed by atoms with van der Waals surface area (Å²) >= 11 is 3.06. The molecule has 0 aliphatic rings. The summed E-state index contributed by atoms with van der Waals surface area (Å²) in [5, 5.41) is 3.67.